The van der Waals surface area contributed by atoms with Crippen LogP contribution in [0.25, 0.3) is 10.9 Å². The van der Waals surface area contributed by atoms with Crippen LogP contribution in [0.2, 0.25) is 0 Å². The highest BCUT2D eigenvalue weighted by atomic mass is 16.1. The van der Waals surface area contributed by atoms with E-state index in [1.165, 1.54) is 0 Å². The number of aryl methyl sites for hydroxylation is 1. The highest BCUT2D eigenvalue weighted by Crippen LogP contribution is 2.29. The van der Waals surface area contributed by atoms with E-state index in [9.17, 15) is 4.79 Å². The molecule has 0 saturated carbocycles. The number of amides is 1. The number of rotatable bonds is 6. The molecule has 3 aromatic rings. The van der Waals surface area contributed by atoms with Gasteiger partial charge in [0.05, 0.1) is 17.8 Å². The van der Waals surface area contributed by atoms with Crippen LogP contribution in [-0.2, 0) is 4.79 Å². The number of carbonyl (C=O) groups excluding carboxylic acids is 1. The predicted molar refractivity (Wildman–Crippen MR) is 124 cm³/mol. The summed E-state index contributed by atoms with van der Waals surface area (Å²) in [4.78, 5) is 27.4. The van der Waals surface area contributed by atoms with Crippen molar-refractivity contribution in [3.05, 3.63) is 47.9 Å². The van der Waals surface area contributed by atoms with Crippen LogP contribution >= 0.6 is 0 Å². The van der Waals surface area contributed by atoms with E-state index < -0.39 is 0 Å². The fourth-order valence-electron chi connectivity index (χ4n) is 4.03. The van der Waals surface area contributed by atoms with Crippen molar-refractivity contribution in [2.45, 2.75) is 33.2 Å². The maximum atomic E-state index is 11.2. The lowest BCUT2D eigenvalue weighted by Gasteiger charge is -2.20. The van der Waals surface area contributed by atoms with E-state index >= 15 is 0 Å². The molecule has 0 radical (unpaired) electrons. The zero-order valence-electron chi connectivity index (χ0n) is 18.2. The Hall–Kier alpha value is -3.42. The molecule has 162 valence electrons. The molecule has 1 aromatic carbocycles. The number of benzene rings is 1. The Kier molecular flexibility index (Phi) is 5.88. The van der Waals surface area contributed by atoms with Gasteiger partial charge in [-0.3, -0.25) is 4.79 Å². The number of nitrogen functional groups attached to an aromatic ring is 1. The van der Waals surface area contributed by atoms with Gasteiger partial charge in [0.1, 0.15) is 17.5 Å². The summed E-state index contributed by atoms with van der Waals surface area (Å²) in [5, 5.41) is 7.39. The molecule has 8 nitrogen and oxygen atoms in total. The van der Waals surface area contributed by atoms with Crippen molar-refractivity contribution in [2.24, 2.45) is 5.92 Å². The smallest absolute Gasteiger partial charge is 0.216 e. The Morgan fingerprint density at radius 3 is 2.94 bits per heavy atom. The molecule has 0 aliphatic carbocycles. The van der Waals surface area contributed by atoms with Crippen molar-refractivity contribution >= 4 is 34.1 Å². The molecule has 1 saturated heterocycles. The van der Waals surface area contributed by atoms with Crippen molar-refractivity contribution in [1.29, 1.82) is 0 Å². The van der Waals surface area contributed by atoms with Crippen LogP contribution in [0.1, 0.15) is 37.7 Å². The van der Waals surface area contributed by atoms with Crippen LogP contribution in [0.15, 0.2) is 36.5 Å². The number of carbonyl (C=O) groups is 1. The Labute approximate surface area is 182 Å². The lowest BCUT2D eigenvalue weighted by Crippen LogP contribution is -2.29. The lowest BCUT2D eigenvalue weighted by atomic mass is 10.1. The predicted octanol–water partition coefficient (Wildman–Crippen LogP) is 3.05. The topological polar surface area (TPSA) is 109 Å². The van der Waals surface area contributed by atoms with Crippen molar-refractivity contribution < 1.29 is 4.79 Å². The van der Waals surface area contributed by atoms with Gasteiger partial charge in [-0.15, -0.1) is 0 Å². The first-order valence-corrected chi connectivity index (χ1v) is 10.6. The third-order valence-electron chi connectivity index (χ3n) is 5.69. The van der Waals surface area contributed by atoms with Gasteiger partial charge in [-0.2, -0.15) is 0 Å². The minimum atomic E-state index is 0.0137. The fourth-order valence-corrected chi connectivity index (χ4v) is 4.03. The van der Waals surface area contributed by atoms with Gasteiger partial charge in [0, 0.05) is 37.6 Å². The SMILES string of the molecule is CC(=O)NC[C@@H]1CCN(c2cc3c(N[C@@H](C)c4cccc(N)c4)nc(C)nc3cn2)C1. The number of nitrogens with one attached hydrogen (secondary N) is 2. The molecule has 2 atom stereocenters. The van der Waals surface area contributed by atoms with Crippen molar-refractivity contribution in [2.75, 3.05) is 35.6 Å². The van der Waals surface area contributed by atoms with Crippen molar-refractivity contribution in [3.63, 3.8) is 0 Å². The third-order valence-corrected chi connectivity index (χ3v) is 5.69. The first-order chi connectivity index (χ1) is 14.9. The second-order valence-corrected chi connectivity index (χ2v) is 8.25. The highest BCUT2D eigenvalue weighted by Gasteiger charge is 2.24. The molecule has 1 aliphatic rings. The number of hydrogen-bond acceptors (Lipinski definition) is 7. The number of nitrogens with zero attached hydrogens (tertiary/aromatic N) is 4. The number of aromatic nitrogens is 3. The van der Waals surface area contributed by atoms with Crippen LogP contribution in [-0.4, -0.2) is 40.5 Å². The van der Waals surface area contributed by atoms with Gasteiger partial charge in [0.2, 0.25) is 5.91 Å². The van der Waals surface area contributed by atoms with Gasteiger partial charge in [-0.1, -0.05) is 12.1 Å². The number of nitrogens with two attached hydrogens (primary N) is 1. The zero-order chi connectivity index (χ0) is 22.0. The summed E-state index contributed by atoms with van der Waals surface area (Å²) in [6.07, 6.45) is 2.85. The first kappa shape index (κ1) is 20.8. The molecule has 2 aromatic heterocycles. The fraction of sp³-hybridized carbons (Fsp3) is 0.391. The molecule has 0 spiro atoms. The maximum Gasteiger partial charge on any atom is 0.216 e. The van der Waals surface area contributed by atoms with Crippen molar-refractivity contribution in [3.8, 4) is 0 Å². The summed E-state index contributed by atoms with van der Waals surface area (Å²) in [5.41, 5.74) is 8.60. The largest absolute Gasteiger partial charge is 0.399 e. The molecular weight excluding hydrogens is 390 g/mol. The number of pyridine rings is 1. The number of hydrogen-bond donors (Lipinski definition) is 3. The molecule has 0 unspecified atom stereocenters. The Morgan fingerprint density at radius 2 is 2.16 bits per heavy atom. The molecule has 1 fully saturated rings. The normalized spacial score (nSPS) is 17.0. The van der Waals surface area contributed by atoms with E-state index in [0.29, 0.717) is 18.3 Å². The molecule has 0 bridgehead atoms. The average molecular weight is 420 g/mol. The van der Waals surface area contributed by atoms with Crippen LogP contribution in [0.4, 0.5) is 17.3 Å². The van der Waals surface area contributed by atoms with Gasteiger partial charge in [0.25, 0.3) is 0 Å². The zero-order valence-corrected chi connectivity index (χ0v) is 18.2. The summed E-state index contributed by atoms with van der Waals surface area (Å²) in [6, 6.07) is 9.96. The second kappa shape index (κ2) is 8.75. The van der Waals surface area contributed by atoms with Gasteiger partial charge >= 0.3 is 0 Å². The van der Waals surface area contributed by atoms with E-state index in [-0.39, 0.29) is 11.9 Å². The lowest BCUT2D eigenvalue weighted by molar-refractivity contribution is -0.119. The summed E-state index contributed by atoms with van der Waals surface area (Å²) in [5.74, 6) is 2.83. The van der Waals surface area contributed by atoms with E-state index in [1.807, 2.05) is 31.3 Å². The second-order valence-electron chi connectivity index (χ2n) is 8.25. The Balaban J connectivity index is 1.59. The van der Waals surface area contributed by atoms with Gasteiger partial charge < -0.3 is 21.3 Å². The minimum Gasteiger partial charge on any atom is -0.399 e. The summed E-state index contributed by atoms with van der Waals surface area (Å²) < 4.78 is 0. The third kappa shape index (κ3) is 4.84. The number of fused-ring (bicyclic) bond motifs is 1. The summed E-state index contributed by atoms with van der Waals surface area (Å²) in [7, 11) is 0. The molecule has 3 heterocycles. The molecule has 8 heteroatoms. The summed E-state index contributed by atoms with van der Waals surface area (Å²) in [6.45, 7) is 8.01. The van der Waals surface area contributed by atoms with Crippen LogP contribution in [0, 0.1) is 12.8 Å². The molecule has 31 heavy (non-hydrogen) atoms. The minimum absolute atomic E-state index is 0.0137. The Bertz CT molecular complexity index is 1100. The maximum absolute atomic E-state index is 11.2. The van der Waals surface area contributed by atoms with Crippen LogP contribution in [0.3, 0.4) is 0 Å². The Morgan fingerprint density at radius 1 is 1.32 bits per heavy atom. The van der Waals surface area contributed by atoms with Gasteiger partial charge in [-0.25, -0.2) is 15.0 Å². The van der Waals surface area contributed by atoms with Crippen molar-refractivity contribution in [1.82, 2.24) is 20.3 Å². The molecular formula is C23H29N7O. The molecule has 1 amide bonds. The average Bonchev–Trinajstić information content (AvgIpc) is 3.21. The first-order valence-electron chi connectivity index (χ1n) is 10.6. The molecule has 4 N–H and O–H groups in total. The molecule has 1 aliphatic heterocycles. The van der Waals surface area contributed by atoms with E-state index in [2.05, 4.69) is 49.5 Å². The quantitative estimate of drug-likeness (QED) is 0.527. The number of anilines is 3. The van der Waals surface area contributed by atoms with Gasteiger partial charge in [-0.05, 0) is 49.9 Å². The standard InChI is InChI=1S/C23H29N7O/c1-14(18-5-4-6-19(24)9-18)27-23-20-10-22(26-12-21(20)28-15(2)29-23)30-8-7-17(13-30)11-25-16(3)31/h4-6,9-10,12,14,17H,7-8,11,13,24H2,1-3H3,(H,25,31)(H,27,28,29)/t14-,17-/m0/s1. The van der Waals surface area contributed by atoms with Gasteiger partial charge in [0.15, 0.2) is 0 Å². The van der Waals surface area contributed by atoms with E-state index in [0.717, 1.165) is 53.3 Å². The van der Waals surface area contributed by atoms with E-state index in [1.54, 1.807) is 6.92 Å². The van der Waals surface area contributed by atoms with Crippen LogP contribution < -0.4 is 21.3 Å². The highest BCUT2D eigenvalue weighted by molar-refractivity contribution is 5.90. The van der Waals surface area contributed by atoms with E-state index in [4.69, 9.17) is 5.73 Å². The molecule has 4 rings (SSSR count). The monoisotopic (exact) mass is 419 g/mol. The van der Waals surface area contributed by atoms with Crippen LogP contribution in [0.5, 0.6) is 0 Å². The summed E-state index contributed by atoms with van der Waals surface area (Å²) >= 11 is 0.